The van der Waals surface area contributed by atoms with Gasteiger partial charge in [0, 0.05) is 23.7 Å². The van der Waals surface area contributed by atoms with Gasteiger partial charge in [0.15, 0.2) is 0 Å². The molecule has 0 saturated carbocycles. The lowest BCUT2D eigenvalue weighted by atomic mass is 10.0. The van der Waals surface area contributed by atoms with Crippen molar-refractivity contribution in [1.82, 2.24) is 4.90 Å². The van der Waals surface area contributed by atoms with Gasteiger partial charge in [-0.3, -0.25) is 9.69 Å². The zero-order chi connectivity index (χ0) is 18.8. The van der Waals surface area contributed by atoms with Gasteiger partial charge in [0.1, 0.15) is 11.6 Å². The first-order valence-corrected chi connectivity index (χ1v) is 8.61. The van der Waals surface area contributed by atoms with Crippen LogP contribution in [-0.4, -0.2) is 36.6 Å². The van der Waals surface area contributed by atoms with Crippen LogP contribution in [0.3, 0.4) is 0 Å². The summed E-state index contributed by atoms with van der Waals surface area (Å²) in [5, 5.41) is 3.68. The molecule has 1 unspecified atom stereocenters. The van der Waals surface area contributed by atoms with Crippen LogP contribution in [0, 0.1) is 13.8 Å². The fourth-order valence-corrected chi connectivity index (χ4v) is 3.36. The average molecular weight is 358 g/mol. The molecule has 0 spiro atoms. The quantitative estimate of drug-likeness (QED) is 0.834. The number of fused-ring (bicyclic) bond motifs is 1. The molecule has 138 valence electrons. The number of likely N-dealkylation sites (tertiary alicyclic amines) is 1. The van der Waals surface area contributed by atoms with E-state index in [0.29, 0.717) is 24.2 Å². The van der Waals surface area contributed by atoms with Crippen molar-refractivity contribution in [1.29, 1.82) is 0 Å². The minimum atomic E-state index is -0.555. The first kappa shape index (κ1) is 18.0. The number of carbonyl (C=O) groups is 2. The Bertz CT molecular complexity index is 918. The molecule has 1 saturated heterocycles. The molecule has 1 aliphatic heterocycles. The number of nitrogens with zero attached hydrogens (tertiary/aromatic N) is 1. The average Bonchev–Trinajstić information content (AvgIpc) is 2.62. The van der Waals surface area contributed by atoms with Gasteiger partial charge in [-0.1, -0.05) is 0 Å². The summed E-state index contributed by atoms with van der Waals surface area (Å²) in [6.45, 7) is 4.16. The fourth-order valence-electron chi connectivity index (χ4n) is 3.36. The molecule has 0 radical (unpaired) electrons. The molecule has 7 heteroatoms. The molecule has 2 amide bonds. The number of piperidine rings is 1. The molecule has 26 heavy (non-hydrogen) atoms. The monoisotopic (exact) mass is 358 g/mol. The second-order valence-electron chi connectivity index (χ2n) is 6.58. The molecule has 1 N–H and O–H groups in total. The number of rotatable bonds is 2. The van der Waals surface area contributed by atoms with E-state index in [9.17, 15) is 14.4 Å². The van der Waals surface area contributed by atoms with Gasteiger partial charge in [-0.05, 0) is 56.4 Å². The summed E-state index contributed by atoms with van der Waals surface area (Å²) in [5.74, 6) is -0.243. The highest BCUT2D eigenvalue weighted by atomic mass is 16.5. The summed E-state index contributed by atoms with van der Waals surface area (Å²) >= 11 is 0. The van der Waals surface area contributed by atoms with Crippen LogP contribution in [0.2, 0.25) is 0 Å². The molecule has 1 aromatic carbocycles. The third kappa shape index (κ3) is 3.42. The summed E-state index contributed by atoms with van der Waals surface area (Å²) in [4.78, 5) is 37.7. The molecule has 0 aliphatic carbocycles. The number of benzene rings is 1. The van der Waals surface area contributed by atoms with Gasteiger partial charge in [-0.2, -0.15) is 0 Å². The topological polar surface area (TPSA) is 88.9 Å². The van der Waals surface area contributed by atoms with Gasteiger partial charge in [-0.15, -0.1) is 0 Å². The lowest BCUT2D eigenvalue weighted by Gasteiger charge is -2.33. The van der Waals surface area contributed by atoms with Crippen molar-refractivity contribution in [3.05, 3.63) is 39.7 Å². The second-order valence-corrected chi connectivity index (χ2v) is 6.58. The van der Waals surface area contributed by atoms with Gasteiger partial charge >= 0.3 is 11.7 Å². The number of hydrogen-bond acceptors (Lipinski definition) is 5. The van der Waals surface area contributed by atoms with Crippen LogP contribution in [0.1, 0.15) is 30.4 Å². The smallest absolute Gasteiger partial charge is 0.410 e. The number of hydrogen-bond donors (Lipinski definition) is 1. The SMILES string of the molecule is COC(=O)N1CCCCC1C(=O)Nc1cc2c(C)cc(=O)oc2cc1C. The van der Waals surface area contributed by atoms with Crippen molar-refractivity contribution in [2.45, 2.75) is 39.2 Å². The number of methoxy groups -OCH3 is 1. The largest absolute Gasteiger partial charge is 0.453 e. The second kappa shape index (κ2) is 7.19. The van der Waals surface area contributed by atoms with E-state index in [1.54, 1.807) is 12.1 Å². The van der Waals surface area contributed by atoms with Crippen molar-refractivity contribution >= 4 is 28.7 Å². The summed E-state index contributed by atoms with van der Waals surface area (Å²) in [7, 11) is 1.32. The lowest BCUT2D eigenvalue weighted by molar-refractivity contribution is -0.121. The van der Waals surface area contributed by atoms with E-state index in [1.165, 1.54) is 18.1 Å². The highest BCUT2D eigenvalue weighted by Gasteiger charge is 2.33. The Labute approximate surface area is 150 Å². The Kier molecular flexibility index (Phi) is 4.97. The molecular formula is C19H22N2O5. The molecule has 1 aromatic heterocycles. The van der Waals surface area contributed by atoms with E-state index < -0.39 is 17.8 Å². The minimum absolute atomic E-state index is 0.243. The van der Waals surface area contributed by atoms with E-state index in [-0.39, 0.29) is 5.91 Å². The van der Waals surface area contributed by atoms with Crippen LogP contribution < -0.4 is 10.9 Å². The van der Waals surface area contributed by atoms with Crippen LogP contribution in [0.25, 0.3) is 11.0 Å². The van der Waals surface area contributed by atoms with Crippen molar-refractivity contribution in [2.24, 2.45) is 0 Å². The van der Waals surface area contributed by atoms with Crippen LogP contribution >= 0.6 is 0 Å². The Morgan fingerprint density at radius 3 is 2.69 bits per heavy atom. The maximum Gasteiger partial charge on any atom is 0.410 e. The maximum atomic E-state index is 12.8. The molecule has 2 heterocycles. The zero-order valence-electron chi connectivity index (χ0n) is 15.1. The fraction of sp³-hybridized carbons (Fsp3) is 0.421. The number of anilines is 1. The van der Waals surface area contributed by atoms with E-state index in [2.05, 4.69) is 5.32 Å². The van der Waals surface area contributed by atoms with E-state index in [4.69, 9.17) is 9.15 Å². The number of aryl methyl sites for hydroxylation is 2. The predicted octanol–water partition coefficient (Wildman–Crippen LogP) is 2.97. The van der Waals surface area contributed by atoms with Gasteiger partial charge in [-0.25, -0.2) is 9.59 Å². The van der Waals surface area contributed by atoms with Gasteiger partial charge in [0.2, 0.25) is 5.91 Å². The summed E-state index contributed by atoms with van der Waals surface area (Å²) < 4.78 is 10.0. The van der Waals surface area contributed by atoms with E-state index in [1.807, 2.05) is 13.8 Å². The number of ether oxygens (including phenoxy) is 1. The van der Waals surface area contributed by atoms with Crippen molar-refractivity contribution in [3.63, 3.8) is 0 Å². The minimum Gasteiger partial charge on any atom is -0.453 e. The molecule has 7 nitrogen and oxygen atoms in total. The molecule has 3 rings (SSSR count). The van der Waals surface area contributed by atoms with Crippen molar-refractivity contribution in [3.8, 4) is 0 Å². The normalized spacial score (nSPS) is 17.2. The molecule has 1 atom stereocenters. The van der Waals surface area contributed by atoms with Crippen LogP contribution in [0.4, 0.5) is 10.5 Å². The highest BCUT2D eigenvalue weighted by Crippen LogP contribution is 2.26. The van der Waals surface area contributed by atoms with Crippen LogP contribution in [0.5, 0.6) is 0 Å². The highest BCUT2D eigenvalue weighted by molar-refractivity contribution is 5.99. The maximum absolute atomic E-state index is 12.8. The standard InChI is InChI=1S/C19H22N2O5/c1-11-9-17(22)26-16-8-12(2)14(10-13(11)16)20-18(23)15-6-4-5-7-21(15)19(24)25-3/h8-10,15H,4-7H2,1-3H3,(H,20,23). The molecular weight excluding hydrogens is 336 g/mol. The van der Waals surface area contributed by atoms with E-state index >= 15 is 0 Å². The van der Waals surface area contributed by atoms with Crippen molar-refractivity contribution in [2.75, 3.05) is 19.0 Å². The van der Waals surface area contributed by atoms with Gasteiger partial charge in [0.05, 0.1) is 7.11 Å². The number of amides is 2. The molecule has 1 aliphatic rings. The summed E-state index contributed by atoms with van der Waals surface area (Å²) in [5.41, 5.74) is 2.27. The number of nitrogens with one attached hydrogen (secondary N) is 1. The van der Waals surface area contributed by atoms with E-state index in [0.717, 1.165) is 29.4 Å². The first-order chi connectivity index (χ1) is 12.4. The van der Waals surface area contributed by atoms with Gasteiger partial charge in [0.25, 0.3) is 0 Å². The zero-order valence-corrected chi connectivity index (χ0v) is 15.1. The van der Waals surface area contributed by atoms with Crippen molar-refractivity contribution < 1.29 is 18.7 Å². The lowest BCUT2D eigenvalue weighted by Crippen LogP contribution is -2.50. The molecule has 2 aromatic rings. The molecule has 1 fully saturated rings. The summed E-state index contributed by atoms with van der Waals surface area (Å²) in [6.07, 6.45) is 1.85. The Morgan fingerprint density at radius 1 is 1.19 bits per heavy atom. The molecule has 0 bridgehead atoms. The Balaban J connectivity index is 1.90. The Hall–Kier alpha value is -2.83. The predicted molar refractivity (Wildman–Crippen MR) is 97.3 cm³/mol. The summed E-state index contributed by atoms with van der Waals surface area (Å²) in [6, 6.07) is 4.40. The van der Waals surface area contributed by atoms with Gasteiger partial charge < -0.3 is 14.5 Å². The first-order valence-electron chi connectivity index (χ1n) is 8.61. The van der Waals surface area contributed by atoms with Crippen LogP contribution in [-0.2, 0) is 9.53 Å². The number of carbonyl (C=O) groups excluding carboxylic acids is 2. The third-order valence-corrected chi connectivity index (χ3v) is 4.77. The van der Waals surface area contributed by atoms with Crippen LogP contribution in [0.15, 0.2) is 27.4 Å². The third-order valence-electron chi connectivity index (χ3n) is 4.77. The Morgan fingerprint density at radius 2 is 1.96 bits per heavy atom.